The van der Waals surface area contributed by atoms with Crippen LogP contribution in [0.4, 0.5) is 0 Å². The standard InChI is InChI=1S/C14H14N2O4/c1-20-14(19)11-5-10(13(18)16-7-11)4-9-2-3-12(8-17)15-6-9/h2-3,5-7,17H,4,8H2,1H3,(H,16,18). The number of pyridine rings is 2. The van der Waals surface area contributed by atoms with Crippen LogP contribution in [-0.4, -0.2) is 28.2 Å². The number of esters is 1. The molecule has 6 heteroatoms. The number of H-pyrrole nitrogens is 1. The number of aliphatic hydroxyl groups is 1. The highest BCUT2D eigenvalue weighted by molar-refractivity contribution is 5.89. The maximum atomic E-state index is 11.7. The second-order valence-corrected chi connectivity index (χ2v) is 4.23. The molecule has 0 bridgehead atoms. The molecule has 0 saturated heterocycles. The molecule has 0 aliphatic carbocycles. The van der Waals surface area contributed by atoms with Crippen LogP contribution in [0.5, 0.6) is 0 Å². The van der Waals surface area contributed by atoms with Gasteiger partial charge in [0, 0.05) is 24.4 Å². The minimum Gasteiger partial charge on any atom is -0.465 e. The number of aliphatic hydroxyl groups excluding tert-OH is 1. The molecule has 2 aromatic heterocycles. The van der Waals surface area contributed by atoms with Gasteiger partial charge in [0.1, 0.15) is 0 Å². The Morgan fingerprint density at radius 1 is 1.45 bits per heavy atom. The van der Waals surface area contributed by atoms with Crippen LogP contribution in [-0.2, 0) is 17.8 Å². The number of methoxy groups -OCH3 is 1. The molecular formula is C14H14N2O4. The first-order chi connectivity index (χ1) is 9.63. The lowest BCUT2D eigenvalue weighted by atomic mass is 10.1. The predicted octanol–water partition coefficient (Wildman–Crippen LogP) is 0.640. The highest BCUT2D eigenvalue weighted by Crippen LogP contribution is 2.08. The number of hydrogen-bond acceptors (Lipinski definition) is 5. The summed E-state index contributed by atoms with van der Waals surface area (Å²) in [7, 11) is 1.28. The van der Waals surface area contributed by atoms with E-state index in [-0.39, 0.29) is 12.2 Å². The van der Waals surface area contributed by atoms with Crippen LogP contribution in [0.2, 0.25) is 0 Å². The summed E-state index contributed by atoms with van der Waals surface area (Å²) in [5.74, 6) is -0.503. The van der Waals surface area contributed by atoms with Crippen molar-refractivity contribution in [2.24, 2.45) is 0 Å². The number of hydrogen-bond donors (Lipinski definition) is 2. The van der Waals surface area contributed by atoms with Crippen LogP contribution in [0.15, 0.2) is 35.4 Å². The summed E-state index contributed by atoms with van der Waals surface area (Å²) in [6, 6.07) is 4.97. The molecule has 0 saturated carbocycles. The molecule has 0 aromatic carbocycles. The Hall–Kier alpha value is -2.47. The molecule has 104 valence electrons. The van der Waals surface area contributed by atoms with Gasteiger partial charge in [-0.05, 0) is 17.7 Å². The molecular weight excluding hydrogens is 260 g/mol. The normalized spacial score (nSPS) is 10.3. The highest BCUT2D eigenvalue weighted by atomic mass is 16.5. The summed E-state index contributed by atoms with van der Waals surface area (Å²) in [6.45, 7) is -0.126. The monoisotopic (exact) mass is 274 g/mol. The van der Waals surface area contributed by atoms with Crippen molar-refractivity contribution in [2.75, 3.05) is 7.11 Å². The first-order valence-electron chi connectivity index (χ1n) is 5.98. The molecule has 2 N–H and O–H groups in total. The maximum Gasteiger partial charge on any atom is 0.339 e. The van der Waals surface area contributed by atoms with Gasteiger partial charge in [-0.2, -0.15) is 0 Å². The van der Waals surface area contributed by atoms with Crippen molar-refractivity contribution in [1.82, 2.24) is 9.97 Å². The summed E-state index contributed by atoms with van der Waals surface area (Å²) in [5.41, 5.74) is 1.86. The zero-order chi connectivity index (χ0) is 14.5. The smallest absolute Gasteiger partial charge is 0.339 e. The zero-order valence-electron chi connectivity index (χ0n) is 10.9. The lowest BCUT2D eigenvalue weighted by Crippen LogP contribution is -2.15. The van der Waals surface area contributed by atoms with Gasteiger partial charge in [0.05, 0.1) is 25.0 Å². The molecule has 0 unspecified atom stereocenters. The number of nitrogens with zero attached hydrogens (tertiary/aromatic N) is 1. The van der Waals surface area contributed by atoms with E-state index in [0.29, 0.717) is 23.2 Å². The second kappa shape index (κ2) is 6.12. The van der Waals surface area contributed by atoms with Crippen LogP contribution in [0, 0.1) is 0 Å². The average Bonchev–Trinajstić information content (AvgIpc) is 2.49. The summed E-state index contributed by atoms with van der Waals surface area (Å²) >= 11 is 0. The SMILES string of the molecule is COC(=O)c1c[nH]c(=O)c(Cc2ccc(CO)nc2)c1. The van der Waals surface area contributed by atoms with Crippen molar-refractivity contribution in [1.29, 1.82) is 0 Å². The molecule has 20 heavy (non-hydrogen) atoms. The Bertz CT molecular complexity index is 662. The lowest BCUT2D eigenvalue weighted by molar-refractivity contribution is 0.0600. The third-order valence-electron chi connectivity index (χ3n) is 2.84. The Morgan fingerprint density at radius 2 is 2.25 bits per heavy atom. The van der Waals surface area contributed by atoms with Gasteiger partial charge in [-0.25, -0.2) is 4.79 Å². The van der Waals surface area contributed by atoms with Crippen LogP contribution < -0.4 is 5.56 Å². The van der Waals surface area contributed by atoms with Gasteiger partial charge in [0.15, 0.2) is 0 Å². The van der Waals surface area contributed by atoms with Gasteiger partial charge in [0.2, 0.25) is 0 Å². The number of carbonyl (C=O) groups is 1. The van der Waals surface area contributed by atoms with E-state index in [4.69, 9.17) is 5.11 Å². The predicted molar refractivity (Wildman–Crippen MR) is 71.4 cm³/mol. The molecule has 2 rings (SSSR count). The van der Waals surface area contributed by atoms with Crippen LogP contribution in [0.25, 0.3) is 0 Å². The lowest BCUT2D eigenvalue weighted by Gasteiger charge is -2.04. The fraction of sp³-hybridized carbons (Fsp3) is 0.214. The fourth-order valence-electron chi connectivity index (χ4n) is 1.77. The van der Waals surface area contributed by atoms with Gasteiger partial charge in [0.25, 0.3) is 5.56 Å². The molecule has 0 spiro atoms. The van der Waals surface area contributed by atoms with Crippen LogP contribution in [0.3, 0.4) is 0 Å². The van der Waals surface area contributed by atoms with Gasteiger partial charge >= 0.3 is 5.97 Å². The number of carbonyl (C=O) groups excluding carboxylic acids is 1. The third-order valence-corrected chi connectivity index (χ3v) is 2.84. The minimum absolute atomic E-state index is 0.126. The van der Waals surface area contributed by atoms with Gasteiger partial charge in [-0.1, -0.05) is 6.07 Å². The van der Waals surface area contributed by atoms with Gasteiger partial charge in [-0.3, -0.25) is 9.78 Å². The highest BCUT2D eigenvalue weighted by Gasteiger charge is 2.09. The molecule has 0 radical (unpaired) electrons. The number of nitrogens with one attached hydrogen (secondary N) is 1. The summed E-state index contributed by atoms with van der Waals surface area (Å²) in [5, 5.41) is 8.92. The van der Waals surface area contributed by atoms with Crippen molar-refractivity contribution >= 4 is 5.97 Å². The van der Waals surface area contributed by atoms with Crippen molar-refractivity contribution in [3.05, 3.63) is 63.3 Å². The molecule has 0 aliphatic heterocycles. The topological polar surface area (TPSA) is 92.3 Å². The van der Waals surface area contributed by atoms with Crippen molar-refractivity contribution in [3.8, 4) is 0 Å². The molecule has 0 atom stereocenters. The third kappa shape index (κ3) is 3.10. The van der Waals surface area contributed by atoms with E-state index < -0.39 is 5.97 Å². The quantitative estimate of drug-likeness (QED) is 0.798. The van der Waals surface area contributed by atoms with Crippen LogP contribution >= 0.6 is 0 Å². The number of rotatable bonds is 4. The van der Waals surface area contributed by atoms with Gasteiger partial charge in [-0.15, -0.1) is 0 Å². The summed E-state index contributed by atoms with van der Waals surface area (Å²) in [4.78, 5) is 29.7. The van der Waals surface area contributed by atoms with E-state index >= 15 is 0 Å². The van der Waals surface area contributed by atoms with E-state index in [2.05, 4.69) is 14.7 Å². The maximum absolute atomic E-state index is 11.7. The van der Waals surface area contributed by atoms with E-state index in [9.17, 15) is 9.59 Å². The first-order valence-corrected chi connectivity index (χ1v) is 5.98. The number of ether oxygens (including phenoxy) is 1. The Balaban J connectivity index is 2.27. The fourth-order valence-corrected chi connectivity index (χ4v) is 1.77. The molecule has 0 aliphatic rings. The van der Waals surface area contributed by atoms with Crippen molar-refractivity contribution in [3.63, 3.8) is 0 Å². The van der Waals surface area contributed by atoms with Crippen molar-refractivity contribution < 1.29 is 14.6 Å². The summed E-state index contributed by atoms with van der Waals surface area (Å²) < 4.78 is 4.61. The minimum atomic E-state index is -0.503. The van der Waals surface area contributed by atoms with E-state index in [1.807, 2.05) is 0 Å². The van der Waals surface area contributed by atoms with Crippen LogP contribution in [0.1, 0.15) is 27.2 Å². The number of aromatic nitrogens is 2. The van der Waals surface area contributed by atoms with E-state index in [0.717, 1.165) is 5.56 Å². The molecule has 2 aromatic rings. The molecule has 6 nitrogen and oxygen atoms in total. The summed E-state index contributed by atoms with van der Waals surface area (Å²) in [6.07, 6.45) is 3.26. The van der Waals surface area contributed by atoms with E-state index in [1.54, 1.807) is 18.3 Å². The molecule has 0 amide bonds. The molecule has 0 fully saturated rings. The van der Waals surface area contributed by atoms with E-state index in [1.165, 1.54) is 19.4 Å². The second-order valence-electron chi connectivity index (χ2n) is 4.23. The number of aromatic amines is 1. The van der Waals surface area contributed by atoms with Crippen molar-refractivity contribution in [2.45, 2.75) is 13.0 Å². The van der Waals surface area contributed by atoms with Gasteiger partial charge < -0.3 is 14.8 Å². The Labute approximate surface area is 115 Å². The Kier molecular flexibility index (Phi) is 4.27. The average molecular weight is 274 g/mol. The zero-order valence-corrected chi connectivity index (χ0v) is 10.9. The Morgan fingerprint density at radius 3 is 2.85 bits per heavy atom. The molecule has 2 heterocycles. The largest absolute Gasteiger partial charge is 0.465 e. The first kappa shape index (κ1) is 14.0.